The van der Waals surface area contributed by atoms with Crippen LogP contribution >= 0.6 is 11.6 Å². The Morgan fingerprint density at radius 2 is 1.96 bits per heavy atom. The Labute approximate surface area is 170 Å². The molecule has 3 rings (SSSR count). The fourth-order valence-corrected chi connectivity index (χ4v) is 4.00. The third-order valence-electron chi connectivity index (χ3n) is 5.48. The van der Waals surface area contributed by atoms with E-state index < -0.39 is 18.0 Å². The highest BCUT2D eigenvalue weighted by atomic mass is 35.5. The molecule has 2 atom stereocenters. The molecule has 0 aromatic heterocycles. The minimum Gasteiger partial charge on any atom is -0.452 e. The zero-order valence-electron chi connectivity index (χ0n) is 16.2. The maximum atomic E-state index is 12.5. The first kappa shape index (κ1) is 20.6. The van der Waals surface area contributed by atoms with E-state index >= 15 is 0 Å². The van der Waals surface area contributed by atoms with E-state index in [1.807, 2.05) is 18.2 Å². The lowest BCUT2D eigenvalue weighted by atomic mass is 9.95. The van der Waals surface area contributed by atoms with Crippen molar-refractivity contribution in [1.82, 2.24) is 10.2 Å². The number of halogens is 1. The van der Waals surface area contributed by atoms with Crippen LogP contribution in [0.2, 0.25) is 5.02 Å². The number of amides is 2. The van der Waals surface area contributed by atoms with E-state index in [-0.39, 0.29) is 30.8 Å². The minimum absolute atomic E-state index is 0.0975. The van der Waals surface area contributed by atoms with Gasteiger partial charge >= 0.3 is 5.97 Å². The normalized spacial score (nSPS) is 21.4. The lowest BCUT2D eigenvalue weighted by molar-refractivity contribution is -0.158. The molecular formula is C21H27ClN2O4. The molecule has 2 aliphatic rings. The van der Waals surface area contributed by atoms with Gasteiger partial charge in [0.2, 0.25) is 5.91 Å². The van der Waals surface area contributed by atoms with Crippen LogP contribution in [0.1, 0.15) is 51.0 Å². The van der Waals surface area contributed by atoms with Crippen LogP contribution in [0.3, 0.4) is 0 Å². The maximum absolute atomic E-state index is 12.5. The van der Waals surface area contributed by atoms with Crippen molar-refractivity contribution in [3.63, 3.8) is 0 Å². The molecule has 1 saturated carbocycles. The SMILES string of the molecule is C[C@H](OC(=O)[C@@H]1CC(=O)N(Cc2ccccc2Cl)C1)C(=O)NC1CCCCC1. The fraction of sp³-hybridized carbons (Fsp3) is 0.571. The smallest absolute Gasteiger partial charge is 0.312 e. The number of nitrogens with zero attached hydrogens (tertiary/aromatic N) is 1. The molecule has 1 aromatic carbocycles. The number of hydrogen-bond acceptors (Lipinski definition) is 4. The van der Waals surface area contributed by atoms with Crippen molar-refractivity contribution in [2.24, 2.45) is 5.92 Å². The summed E-state index contributed by atoms with van der Waals surface area (Å²) in [6, 6.07) is 7.49. The number of likely N-dealkylation sites (tertiary alicyclic amines) is 1. The van der Waals surface area contributed by atoms with Gasteiger partial charge in [-0.2, -0.15) is 0 Å². The lowest BCUT2D eigenvalue weighted by Gasteiger charge is -2.24. The van der Waals surface area contributed by atoms with Gasteiger partial charge in [-0.25, -0.2) is 0 Å². The molecule has 2 fully saturated rings. The molecule has 6 nitrogen and oxygen atoms in total. The van der Waals surface area contributed by atoms with E-state index in [1.165, 1.54) is 6.42 Å². The van der Waals surface area contributed by atoms with Crippen LogP contribution < -0.4 is 5.32 Å². The summed E-state index contributed by atoms with van der Waals surface area (Å²) in [6.45, 7) is 2.22. The van der Waals surface area contributed by atoms with Crippen molar-refractivity contribution in [2.75, 3.05) is 6.54 Å². The van der Waals surface area contributed by atoms with E-state index in [2.05, 4.69) is 5.32 Å². The number of benzene rings is 1. The second-order valence-electron chi connectivity index (χ2n) is 7.69. The zero-order valence-corrected chi connectivity index (χ0v) is 16.9. The summed E-state index contributed by atoms with van der Waals surface area (Å²) in [5.74, 6) is -1.43. The summed E-state index contributed by atoms with van der Waals surface area (Å²) >= 11 is 6.16. The summed E-state index contributed by atoms with van der Waals surface area (Å²) in [7, 11) is 0. The van der Waals surface area contributed by atoms with Crippen LogP contribution in [0.4, 0.5) is 0 Å². The standard InChI is InChI=1S/C21H27ClN2O4/c1-14(20(26)23-17-8-3-2-4-9-17)28-21(27)16-11-19(25)24(13-16)12-15-7-5-6-10-18(15)22/h5-7,10,14,16-17H,2-4,8-9,11-13H2,1H3,(H,23,26)/t14-,16+/m0/s1. The highest BCUT2D eigenvalue weighted by molar-refractivity contribution is 6.31. The molecule has 1 heterocycles. The first-order chi connectivity index (χ1) is 13.4. The van der Waals surface area contributed by atoms with Crippen molar-refractivity contribution in [3.8, 4) is 0 Å². The van der Waals surface area contributed by atoms with Gasteiger partial charge in [-0.15, -0.1) is 0 Å². The summed E-state index contributed by atoms with van der Waals surface area (Å²) in [6.07, 6.45) is 4.62. The summed E-state index contributed by atoms with van der Waals surface area (Å²) < 4.78 is 5.35. The number of esters is 1. The highest BCUT2D eigenvalue weighted by Gasteiger charge is 2.37. The van der Waals surface area contributed by atoms with Crippen molar-refractivity contribution in [3.05, 3.63) is 34.9 Å². The summed E-state index contributed by atoms with van der Waals surface area (Å²) in [5.41, 5.74) is 0.840. The Kier molecular flexibility index (Phi) is 6.94. The Hall–Kier alpha value is -2.08. The van der Waals surface area contributed by atoms with Crippen molar-refractivity contribution in [1.29, 1.82) is 0 Å². The minimum atomic E-state index is -0.859. The van der Waals surface area contributed by atoms with Crippen LogP contribution in [0.15, 0.2) is 24.3 Å². The van der Waals surface area contributed by atoms with Crippen LogP contribution in [0, 0.1) is 5.92 Å². The molecule has 1 N–H and O–H groups in total. The number of carbonyl (C=O) groups excluding carboxylic acids is 3. The Morgan fingerprint density at radius 1 is 1.25 bits per heavy atom. The molecule has 152 valence electrons. The van der Waals surface area contributed by atoms with Gasteiger partial charge < -0.3 is 15.0 Å². The van der Waals surface area contributed by atoms with Gasteiger partial charge in [0.25, 0.3) is 5.91 Å². The zero-order chi connectivity index (χ0) is 20.1. The molecular weight excluding hydrogens is 380 g/mol. The molecule has 0 radical (unpaired) electrons. The first-order valence-corrected chi connectivity index (χ1v) is 10.3. The van der Waals surface area contributed by atoms with Crippen LogP contribution in [0.25, 0.3) is 0 Å². The van der Waals surface area contributed by atoms with Crippen LogP contribution in [-0.2, 0) is 25.7 Å². The quantitative estimate of drug-likeness (QED) is 0.736. The predicted octanol–water partition coefficient (Wildman–Crippen LogP) is 3.07. The van der Waals surface area contributed by atoms with Crippen molar-refractivity contribution >= 4 is 29.4 Å². The molecule has 0 unspecified atom stereocenters. The number of ether oxygens (including phenoxy) is 1. The van der Waals surface area contributed by atoms with E-state index in [9.17, 15) is 14.4 Å². The molecule has 2 amide bonds. The third kappa shape index (κ3) is 5.25. The predicted molar refractivity (Wildman–Crippen MR) is 106 cm³/mol. The molecule has 1 aliphatic heterocycles. The van der Waals surface area contributed by atoms with E-state index in [4.69, 9.17) is 16.3 Å². The summed E-state index contributed by atoms with van der Waals surface area (Å²) in [5, 5.41) is 3.55. The van der Waals surface area contributed by atoms with Crippen molar-refractivity contribution < 1.29 is 19.1 Å². The number of nitrogens with one attached hydrogen (secondary N) is 1. The number of hydrogen-bond donors (Lipinski definition) is 1. The van der Waals surface area contributed by atoms with Crippen LogP contribution in [0.5, 0.6) is 0 Å². The highest BCUT2D eigenvalue weighted by Crippen LogP contribution is 2.24. The van der Waals surface area contributed by atoms with Gasteiger partial charge in [-0.05, 0) is 31.4 Å². The average molecular weight is 407 g/mol. The monoisotopic (exact) mass is 406 g/mol. The second kappa shape index (κ2) is 9.41. The third-order valence-corrected chi connectivity index (χ3v) is 5.85. The molecule has 7 heteroatoms. The Morgan fingerprint density at radius 3 is 2.68 bits per heavy atom. The van der Waals surface area contributed by atoms with E-state index in [0.717, 1.165) is 31.2 Å². The van der Waals surface area contributed by atoms with Crippen LogP contribution in [-0.4, -0.2) is 41.4 Å². The molecule has 1 aliphatic carbocycles. The van der Waals surface area contributed by atoms with E-state index in [1.54, 1.807) is 17.9 Å². The van der Waals surface area contributed by atoms with Gasteiger partial charge in [-0.1, -0.05) is 49.1 Å². The fourth-order valence-electron chi connectivity index (χ4n) is 3.80. The Balaban J connectivity index is 1.49. The average Bonchev–Trinajstić information content (AvgIpc) is 3.05. The molecule has 0 spiro atoms. The molecule has 1 aromatic rings. The lowest BCUT2D eigenvalue weighted by Crippen LogP contribution is -2.43. The Bertz CT molecular complexity index is 733. The van der Waals surface area contributed by atoms with Gasteiger partial charge in [0.05, 0.1) is 5.92 Å². The van der Waals surface area contributed by atoms with Gasteiger partial charge in [0.1, 0.15) is 0 Å². The maximum Gasteiger partial charge on any atom is 0.312 e. The molecule has 1 saturated heterocycles. The summed E-state index contributed by atoms with van der Waals surface area (Å²) in [4.78, 5) is 38.6. The van der Waals surface area contributed by atoms with E-state index in [0.29, 0.717) is 11.6 Å². The number of rotatable bonds is 6. The topological polar surface area (TPSA) is 75.7 Å². The number of carbonyl (C=O) groups is 3. The van der Waals surface area contributed by atoms with Gasteiger partial charge in [0.15, 0.2) is 6.10 Å². The van der Waals surface area contributed by atoms with Crippen molar-refractivity contribution in [2.45, 2.75) is 64.1 Å². The molecule has 0 bridgehead atoms. The van der Waals surface area contributed by atoms with Gasteiger partial charge in [0, 0.05) is 30.6 Å². The second-order valence-corrected chi connectivity index (χ2v) is 8.10. The molecule has 28 heavy (non-hydrogen) atoms. The van der Waals surface area contributed by atoms with Gasteiger partial charge in [-0.3, -0.25) is 14.4 Å². The first-order valence-electron chi connectivity index (χ1n) is 9.96. The largest absolute Gasteiger partial charge is 0.452 e.